The van der Waals surface area contributed by atoms with E-state index in [1.807, 2.05) is 6.92 Å². The van der Waals surface area contributed by atoms with Gasteiger partial charge in [0.1, 0.15) is 5.75 Å². The molecular formula is C16H22ClNO4. The Morgan fingerprint density at radius 2 is 2.09 bits per heavy atom. The van der Waals surface area contributed by atoms with Crippen LogP contribution in [0.2, 0.25) is 5.02 Å². The molecule has 0 unspecified atom stereocenters. The quantitative estimate of drug-likeness (QED) is 0.737. The third-order valence-electron chi connectivity index (χ3n) is 3.92. The van der Waals surface area contributed by atoms with Gasteiger partial charge in [0.15, 0.2) is 6.61 Å². The number of rotatable bonds is 4. The summed E-state index contributed by atoms with van der Waals surface area (Å²) in [6.45, 7) is 1.72. The number of amides is 1. The highest BCUT2D eigenvalue weighted by Gasteiger charge is 2.29. The van der Waals surface area contributed by atoms with Crippen LogP contribution in [0, 0.1) is 6.92 Å². The van der Waals surface area contributed by atoms with Gasteiger partial charge in [-0.25, -0.2) is 0 Å². The first-order valence-electron chi connectivity index (χ1n) is 7.52. The highest BCUT2D eigenvalue weighted by atomic mass is 35.5. The predicted molar refractivity (Wildman–Crippen MR) is 84.1 cm³/mol. The predicted octanol–water partition coefficient (Wildman–Crippen LogP) is 1.81. The lowest BCUT2D eigenvalue weighted by atomic mass is 10.0. The molecule has 0 bridgehead atoms. The molecule has 0 saturated heterocycles. The van der Waals surface area contributed by atoms with E-state index in [4.69, 9.17) is 16.3 Å². The Balaban J connectivity index is 1.85. The molecule has 1 amide bonds. The van der Waals surface area contributed by atoms with E-state index in [-0.39, 0.29) is 12.5 Å². The van der Waals surface area contributed by atoms with Gasteiger partial charge in [0, 0.05) is 5.02 Å². The Morgan fingerprint density at radius 1 is 1.36 bits per heavy atom. The monoisotopic (exact) mass is 327 g/mol. The molecule has 6 heteroatoms. The zero-order valence-corrected chi connectivity index (χ0v) is 13.3. The number of hydrogen-bond acceptors (Lipinski definition) is 4. The van der Waals surface area contributed by atoms with Crippen LogP contribution in [0.25, 0.3) is 0 Å². The van der Waals surface area contributed by atoms with Crippen molar-refractivity contribution in [3.05, 3.63) is 28.8 Å². The van der Waals surface area contributed by atoms with Gasteiger partial charge in [0.25, 0.3) is 5.91 Å². The number of halogens is 1. The van der Waals surface area contributed by atoms with E-state index in [0.29, 0.717) is 23.6 Å². The molecule has 5 nitrogen and oxygen atoms in total. The van der Waals surface area contributed by atoms with Crippen molar-refractivity contribution >= 4 is 17.5 Å². The Morgan fingerprint density at radius 3 is 2.82 bits per heavy atom. The van der Waals surface area contributed by atoms with Crippen LogP contribution in [0.4, 0.5) is 0 Å². The summed E-state index contributed by atoms with van der Waals surface area (Å²) < 4.78 is 5.42. The van der Waals surface area contributed by atoms with Gasteiger partial charge < -0.3 is 20.3 Å². The standard InChI is InChI=1S/C16H22ClNO4/c1-10-8-11(6-7-12(10)17)22-9-15(20)18-13-4-2-3-5-14(19)16(13)21/h6-8,13-14,16,19,21H,2-5,9H2,1H3,(H,18,20)/t13-,14-,16-/m1/s1. The van der Waals surface area contributed by atoms with Crippen molar-refractivity contribution in [1.82, 2.24) is 5.32 Å². The van der Waals surface area contributed by atoms with Crippen molar-refractivity contribution in [2.45, 2.75) is 50.9 Å². The second-order valence-electron chi connectivity index (χ2n) is 5.72. The summed E-state index contributed by atoms with van der Waals surface area (Å²) in [6.07, 6.45) is 1.23. The Kier molecular flexibility index (Phi) is 6.06. The van der Waals surface area contributed by atoms with E-state index in [1.165, 1.54) is 0 Å². The van der Waals surface area contributed by atoms with Crippen molar-refractivity contribution < 1.29 is 19.7 Å². The fraction of sp³-hybridized carbons (Fsp3) is 0.562. The van der Waals surface area contributed by atoms with Gasteiger partial charge in [0.2, 0.25) is 0 Å². The second kappa shape index (κ2) is 7.81. The summed E-state index contributed by atoms with van der Waals surface area (Å²) in [4.78, 5) is 11.9. The van der Waals surface area contributed by atoms with Gasteiger partial charge in [0.05, 0.1) is 18.2 Å². The Labute approximate surface area is 135 Å². The maximum atomic E-state index is 11.9. The normalized spacial score (nSPS) is 25.4. The van der Waals surface area contributed by atoms with Gasteiger partial charge in [-0.1, -0.05) is 24.4 Å². The number of ether oxygens (including phenoxy) is 1. The van der Waals surface area contributed by atoms with Crippen molar-refractivity contribution in [3.8, 4) is 5.75 Å². The highest BCUT2D eigenvalue weighted by Crippen LogP contribution is 2.21. The molecule has 1 fully saturated rings. The minimum absolute atomic E-state index is 0.139. The lowest BCUT2D eigenvalue weighted by molar-refractivity contribution is -0.125. The van der Waals surface area contributed by atoms with Crippen molar-refractivity contribution in [2.75, 3.05) is 6.61 Å². The first kappa shape index (κ1) is 17.1. The topological polar surface area (TPSA) is 78.8 Å². The minimum Gasteiger partial charge on any atom is -0.484 e. The van der Waals surface area contributed by atoms with Gasteiger partial charge in [-0.2, -0.15) is 0 Å². The maximum Gasteiger partial charge on any atom is 0.258 e. The molecule has 22 heavy (non-hydrogen) atoms. The minimum atomic E-state index is -0.927. The third kappa shape index (κ3) is 4.60. The smallest absolute Gasteiger partial charge is 0.258 e. The summed E-state index contributed by atoms with van der Waals surface area (Å²) in [5.74, 6) is 0.254. The van der Waals surface area contributed by atoms with Crippen LogP contribution in [0.15, 0.2) is 18.2 Å². The molecule has 0 radical (unpaired) electrons. The molecule has 0 spiro atoms. The number of carbonyl (C=O) groups excluding carboxylic acids is 1. The van der Waals surface area contributed by atoms with Gasteiger partial charge in [-0.15, -0.1) is 0 Å². The lowest BCUT2D eigenvalue weighted by Crippen LogP contribution is -2.48. The summed E-state index contributed by atoms with van der Waals surface area (Å²) in [7, 11) is 0. The van der Waals surface area contributed by atoms with Crippen LogP contribution in [0.3, 0.4) is 0 Å². The van der Waals surface area contributed by atoms with Crippen molar-refractivity contribution in [3.63, 3.8) is 0 Å². The second-order valence-corrected chi connectivity index (χ2v) is 6.12. The van der Waals surface area contributed by atoms with Crippen molar-refractivity contribution in [2.24, 2.45) is 0 Å². The highest BCUT2D eigenvalue weighted by molar-refractivity contribution is 6.31. The number of hydrogen-bond donors (Lipinski definition) is 3. The van der Waals surface area contributed by atoms with Crippen LogP contribution < -0.4 is 10.1 Å². The molecule has 0 aliphatic heterocycles. The fourth-order valence-electron chi connectivity index (χ4n) is 2.59. The summed E-state index contributed by atoms with van der Waals surface area (Å²) in [5, 5.41) is 23.1. The SMILES string of the molecule is Cc1cc(OCC(=O)N[C@@H]2CCCC[C@@H](O)[C@@H]2O)ccc1Cl. The molecule has 1 aliphatic rings. The molecule has 1 aliphatic carbocycles. The zero-order chi connectivity index (χ0) is 16.1. The first-order valence-corrected chi connectivity index (χ1v) is 7.89. The number of benzene rings is 1. The molecule has 122 valence electrons. The average Bonchev–Trinajstić information content (AvgIpc) is 2.64. The number of aryl methyl sites for hydroxylation is 1. The molecular weight excluding hydrogens is 306 g/mol. The van der Waals surface area contributed by atoms with E-state index in [9.17, 15) is 15.0 Å². The number of carbonyl (C=O) groups is 1. The first-order chi connectivity index (χ1) is 10.5. The summed E-state index contributed by atoms with van der Waals surface area (Å²) >= 11 is 5.93. The van der Waals surface area contributed by atoms with Crippen LogP contribution >= 0.6 is 11.6 Å². The number of aliphatic hydroxyl groups excluding tert-OH is 2. The molecule has 1 aromatic carbocycles. The average molecular weight is 328 g/mol. The Bertz CT molecular complexity index is 523. The van der Waals surface area contributed by atoms with Crippen LogP contribution in [-0.4, -0.2) is 41.0 Å². The van der Waals surface area contributed by atoms with E-state index < -0.39 is 18.2 Å². The van der Waals surface area contributed by atoms with Gasteiger partial charge >= 0.3 is 0 Å². The summed E-state index contributed by atoms with van der Waals surface area (Å²) in [6, 6.07) is 4.75. The zero-order valence-electron chi connectivity index (χ0n) is 12.6. The van der Waals surface area contributed by atoms with E-state index in [1.54, 1.807) is 18.2 Å². The number of nitrogens with one attached hydrogen (secondary N) is 1. The van der Waals surface area contributed by atoms with Crippen LogP contribution in [0.1, 0.15) is 31.2 Å². The molecule has 3 N–H and O–H groups in total. The molecule has 0 aromatic heterocycles. The van der Waals surface area contributed by atoms with Crippen molar-refractivity contribution in [1.29, 1.82) is 0 Å². The lowest BCUT2D eigenvalue weighted by Gasteiger charge is -2.24. The largest absolute Gasteiger partial charge is 0.484 e. The molecule has 1 aromatic rings. The molecule has 0 heterocycles. The van der Waals surface area contributed by atoms with Gasteiger partial charge in [-0.3, -0.25) is 4.79 Å². The van der Waals surface area contributed by atoms with Gasteiger partial charge in [-0.05, 0) is 43.5 Å². The molecule has 3 atom stereocenters. The molecule has 1 saturated carbocycles. The van der Waals surface area contributed by atoms with Crippen LogP contribution in [0.5, 0.6) is 5.75 Å². The van der Waals surface area contributed by atoms with E-state index >= 15 is 0 Å². The van der Waals surface area contributed by atoms with E-state index in [0.717, 1.165) is 18.4 Å². The third-order valence-corrected chi connectivity index (χ3v) is 4.34. The maximum absolute atomic E-state index is 11.9. The fourth-order valence-corrected chi connectivity index (χ4v) is 2.71. The van der Waals surface area contributed by atoms with Crippen LogP contribution in [-0.2, 0) is 4.79 Å². The molecule has 2 rings (SSSR count). The van der Waals surface area contributed by atoms with E-state index in [2.05, 4.69) is 5.32 Å². The number of aliphatic hydroxyl groups is 2. The Hall–Kier alpha value is -1.30. The summed E-state index contributed by atoms with van der Waals surface area (Å²) in [5.41, 5.74) is 0.877.